The van der Waals surface area contributed by atoms with Crippen molar-refractivity contribution in [2.24, 2.45) is 0 Å². The Labute approximate surface area is 198 Å². The summed E-state index contributed by atoms with van der Waals surface area (Å²) in [6.45, 7) is 6.37. The molecular weight excluding hydrogens is 440 g/mol. The van der Waals surface area contributed by atoms with Crippen LogP contribution in [-0.4, -0.2) is 42.2 Å². The van der Waals surface area contributed by atoms with Crippen molar-refractivity contribution in [3.8, 4) is 5.75 Å². The zero-order chi connectivity index (χ0) is 23.8. The lowest BCUT2D eigenvalue weighted by molar-refractivity contribution is -0.133. The maximum atomic E-state index is 12.7. The fourth-order valence-corrected chi connectivity index (χ4v) is 4.35. The molecule has 1 amide bonds. The quantitative estimate of drug-likeness (QED) is 0.312. The third-order valence-electron chi connectivity index (χ3n) is 5.07. The summed E-state index contributed by atoms with van der Waals surface area (Å²) in [5, 5.41) is 3.97. The monoisotopic (exact) mass is 468 g/mol. The van der Waals surface area contributed by atoms with Crippen LogP contribution in [0, 0.1) is 13.8 Å². The highest BCUT2D eigenvalue weighted by Crippen LogP contribution is 2.29. The normalized spacial score (nSPS) is 10.7. The van der Waals surface area contributed by atoms with Gasteiger partial charge in [0.15, 0.2) is 6.61 Å². The van der Waals surface area contributed by atoms with Gasteiger partial charge >= 0.3 is 5.97 Å². The van der Waals surface area contributed by atoms with Gasteiger partial charge in [-0.3, -0.25) is 4.79 Å². The van der Waals surface area contributed by atoms with Crippen molar-refractivity contribution < 1.29 is 23.6 Å². The van der Waals surface area contributed by atoms with E-state index in [4.69, 9.17) is 14.0 Å². The number of thioether (sulfide) groups is 1. The predicted octanol–water partition coefficient (Wildman–Crippen LogP) is 4.80. The average molecular weight is 469 g/mol. The largest absolute Gasteiger partial charge is 0.494 e. The number of esters is 1. The van der Waals surface area contributed by atoms with Gasteiger partial charge in [0, 0.05) is 29.8 Å². The summed E-state index contributed by atoms with van der Waals surface area (Å²) < 4.78 is 16.0. The summed E-state index contributed by atoms with van der Waals surface area (Å²) in [6.07, 6.45) is 0. The van der Waals surface area contributed by atoms with Crippen molar-refractivity contribution in [3.05, 3.63) is 76.7 Å². The third-order valence-corrected chi connectivity index (χ3v) is 6.17. The maximum Gasteiger partial charge on any atom is 0.339 e. The Morgan fingerprint density at radius 2 is 1.82 bits per heavy atom. The molecule has 0 saturated heterocycles. The topological polar surface area (TPSA) is 81.9 Å². The molecule has 0 aliphatic carbocycles. The smallest absolute Gasteiger partial charge is 0.339 e. The van der Waals surface area contributed by atoms with E-state index in [1.54, 1.807) is 19.2 Å². The first-order valence-electron chi connectivity index (χ1n) is 10.7. The Morgan fingerprint density at radius 3 is 2.48 bits per heavy atom. The Hall–Kier alpha value is -3.26. The molecule has 1 aromatic heterocycles. The number of aromatic nitrogens is 1. The van der Waals surface area contributed by atoms with Crippen LogP contribution >= 0.6 is 11.8 Å². The highest BCUT2D eigenvalue weighted by Gasteiger charge is 2.18. The van der Waals surface area contributed by atoms with E-state index >= 15 is 0 Å². The Bertz CT molecular complexity index is 1070. The minimum atomic E-state index is -0.528. The highest BCUT2D eigenvalue weighted by molar-refractivity contribution is 7.98. The van der Waals surface area contributed by atoms with Crippen molar-refractivity contribution in [1.29, 1.82) is 0 Å². The second kappa shape index (κ2) is 11.6. The van der Waals surface area contributed by atoms with Gasteiger partial charge in [0.25, 0.3) is 5.91 Å². The van der Waals surface area contributed by atoms with Crippen LogP contribution in [0.3, 0.4) is 0 Å². The van der Waals surface area contributed by atoms with E-state index in [1.165, 1.54) is 16.7 Å². The SMILES string of the molecule is CCOc1ccc(CN(C)C(=O)COC(=O)c2ccccc2SCc2c(C)noc2C)cc1. The molecule has 0 bridgehead atoms. The third kappa shape index (κ3) is 6.61. The molecule has 8 heteroatoms. The van der Waals surface area contributed by atoms with E-state index in [0.29, 0.717) is 24.5 Å². The Balaban J connectivity index is 1.55. The molecule has 0 aliphatic rings. The van der Waals surface area contributed by atoms with Gasteiger partial charge in [-0.1, -0.05) is 29.4 Å². The van der Waals surface area contributed by atoms with Crippen molar-refractivity contribution >= 4 is 23.6 Å². The number of rotatable bonds is 10. The number of carbonyl (C=O) groups excluding carboxylic acids is 2. The number of nitrogens with zero attached hydrogens (tertiary/aromatic N) is 2. The zero-order valence-corrected chi connectivity index (χ0v) is 20.1. The molecule has 7 nitrogen and oxygen atoms in total. The molecule has 2 aromatic carbocycles. The van der Waals surface area contributed by atoms with Crippen LogP contribution in [-0.2, 0) is 21.8 Å². The molecule has 33 heavy (non-hydrogen) atoms. The number of carbonyl (C=O) groups is 2. The van der Waals surface area contributed by atoms with Gasteiger partial charge in [0.2, 0.25) is 0 Å². The first-order chi connectivity index (χ1) is 15.9. The van der Waals surface area contributed by atoms with Gasteiger partial charge in [-0.2, -0.15) is 0 Å². The predicted molar refractivity (Wildman–Crippen MR) is 126 cm³/mol. The minimum absolute atomic E-state index is 0.280. The minimum Gasteiger partial charge on any atom is -0.494 e. The van der Waals surface area contributed by atoms with E-state index in [-0.39, 0.29) is 12.5 Å². The van der Waals surface area contributed by atoms with Gasteiger partial charge in [-0.25, -0.2) is 4.79 Å². The first-order valence-corrected chi connectivity index (χ1v) is 11.6. The standard InChI is InChI=1S/C25H28N2O5S/c1-5-30-20-12-10-19(11-13-20)14-27(4)24(28)15-31-25(29)21-8-6-7-9-23(21)33-16-22-17(2)26-32-18(22)3/h6-13H,5,14-16H2,1-4H3. The lowest BCUT2D eigenvalue weighted by atomic mass is 10.2. The van der Waals surface area contributed by atoms with Gasteiger partial charge in [-0.15, -0.1) is 11.8 Å². The summed E-state index contributed by atoms with van der Waals surface area (Å²) in [5.74, 6) is 1.36. The number of benzene rings is 2. The van der Waals surface area contributed by atoms with Gasteiger partial charge in [0.1, 0.15) is 11.5 Å². The van der Waals surface area contributed by atoms with Crippen molar-refractivity contribution in [2.75, 3.05) is 20.3 Å². The summed E-state index contributed by atoms with van der Waals surface area (Å²) in [4.78, 5) is 27.5. The number of amides is 1. The highest BCUT2D eigenvalue weighted by atomic mass is 32.2. The molecular formula is C25H28N2O5S. The van der Waals surface area contributed by atoms with Gasteiger partial charge < -0.3 is 18.9 Å². The summed E-state index contributed by atoms with van der Waals surface area (Å²) in [5.41, 5.74) is 3.23. The average Bonchev–Trinajstić information content (AvgIpc) is 3.14. The van der Waals surface area contributed by atoms with Crippen molar-refractivity contribution in [2.45, 2.75) is 38.0 Å². The molecule has 0 unspecified atom stereocenters. The summed E-state index contributed by atoms with van der Waals surface area (Å²) >= 11 is 1.50. The van der Waals surface area contributed by atoms with Crippen LogP contribution in [0.25, 0.3) is 0 Å². The van der Waals surface area contributed by atoms with E-state index < -0.39 is 5.97 Å². The lowest BCUT2D eigenvalue weighted by Gasteiger charge is -2.18. The Morgan fingerprint density at radius 1 is 1.09 bits per heavy atom. The number of hydrogen-bond acceptors (Lipinski definition) is 7. The molecule has 0 saturated carbocycles. The number of ether oxygens (including phenoxy) is 2. The molecule has 0 radical (unpaired) electrons. The van der Waals surface area contributed by atoms with E-state index in [9.17, 15) is 9.59 Å². The van der Waals surface area contributed by atoms with E-state index in [1.807, 2.05) is 57.2 Å². The molecule has 3 aromatic rings. The lowest BCUT2D eigenvalue weighted by Crippen LogP contribution is -2.30. The number of hydrogen-bond donors (Lipinski definition) is 0. The Kier molecular flexibility index (Phi) is 8.54. The molecule has 0 atom stereocenters. The second-order valence-electron chi connectivity index (χ2n) is 7.49. The van der Waals surface area contributed by atoms with Crippen LogP contribution in [0.15, 0.2) is 57.9 Å². The molecule has 0 fully saturated rings. The zero-order valence-electron chi connectivity index (χ0n) is 19.3. The van der Waals surface area contributed by atoms with Crippen LogP contribution in [0.1, 0.15) is 39.9 Å². The van der Waals surface area contributed by atoms with Crippen LogP contribution in [0.2, 0.25) is 0 Å². The molecule has 0 N–H and O–H groups in total. The summed E-state index contributed by atoms with van der Waals surface area (Å²) in [6, 6.07) is 14.8. The van der Waals surface area contributed by atoms with Crippen molar-refractivity contribution in [3.63, 3.8) is 0 Å². The number of aryl methyl sites for hydroxylation is 2. The van der Waals surface area contributed by atoms with Crippen LogP contribution < -0.4 is 4.74 Å². The molecule has 0 spiro atoms. The van der Waals surface area contributed by atoms with Crippen molar-refractivity contribution in [1.82, 2.24) is 10.1 Å². The van der Waals surface area contributed by atoms with Crippen LogP contribution in [0.5, 0.6) is 5.75 Å². The van der Waals surface area contributed by atoms with Gasteiger partial charge in [-0.05, 0) is 50.6 Å². The fourth-order valence-electron chi connectivity index (χ4n) is 3.15. The van der Waals surface area contributed by atoms with Crippen LogP contribution in [0.4, 0.5) is 0 Å². The molecule has 3 rings (SSSR count). The first kappa shape index (κ1) is 24.4. The van der Waals surface area contributed by atoms with E-state index in [0.717, 1.165) is 33.2 Å². The van der Waals surface area contributed by atoms with E-state index in [2.05, 4.69) is 5.16 Å². The molecule has 174 valence electrons. The molecule has 1 heterocycles. The summed E-state index contributed by atoms with van der Waals surface area (Å²) in [7, 11) is 1.68. The fraction of sp³-hybridized carbons (Fsp3) is 0.320. The number of likely N-dealkylation sites (N-methyl/N-ethyl adjacent to an activating group) is 1. The van der Waals surface area contributed by atoms with Gasteiger partial charge in [0.05, 0.1) is 17.9 Å². The molecule has 0 aliphatic heterocycles. The second-order valence-corrected chi connectivity index (χ2v) is 8.51. The maximum absolute atomic E-state index is 12.7.